The maximum absolute atomic E-state index is 6.28. The first kappa shape index (κ1) is 14.3. The summed E-state index contributed by atoms with van der Waals surface area (Å²) in [5, 5.41) is 8.25. The first-order chi connectivity index (χ1) is 9.66. The van der Waals surface area contributed by atoms with Crippen molar-refractivity contribution < 1.29 is 4.74 Å². The molecule has 3 N–H and O–H groups in total. The molecule has 2 heterocycles. The zero-order chi connectivity index (χ0) is 14.0. The van der Waals surface area contributed by atoms with Gasteiger partial charge in [-0.25, -0.2) is 0 Å². The minimum atomic E-state index is -1.52. The van der Waals surface area contributed by atoms with Gasteiger partial charge in [0.1, 0.15) is 0 Å². The van der Waals surface area contributed by atoms with Crippen molar-refractivity contribution in [2.45, 2.75) is 51.2 Å². The molecule has 0 aromatic carbocycles. The fourth-order valence-electron chi connectivity index (χ4n) is 3.25. The number of nitrogens with zero attached hydrogens (tertiary/aromatic N) is 1. The third-order valence-electron chi connectivity index (χ3n) is 4.50. The highest BCUT2D eigenvalue weighted by molar-refractivity contribution is 8.43. The normalized spacial score (nSPS) is 41.4. The Morgan fingerprint density at radius 2 is 2.15 bits per heavy atom. The van der Waals surface area contributed by atoms with E-state index >= 15 is 0 Å². The molecule has 1 aliphatic carbocycles. The standard InChI is InChI=1S/C15H25N3OS/c1-12-9-15(13-5-3-2-4-6-13)19-10-14(12)18-20(16)8-7-17-11-20/h7-9,11,13-15,18H,2-6,10,16H2,1H3. The summed E-state index contributed by atoms with van der Waals surface area (Å²) >= 11 is 0. The lowest BCUT2D eigenvalue weighted by Crippen LogP contribution is -2.43. The summed E-state index contributed by atoms with van der Waals surface area (Å²) in [6.07, 6.45) is 11.1. The highest BCUT2D eigenvalue weighted by atomic mass is 32.3. The largest absolute Gasteiger partial charge is 0.372 e. The second-order valence-electron chi connectivity index (χ2n) is 6.08. The molecule has 1 saturated carbocycles. The molecule has 0 spiro atoms. The van der Waals surface area contributed by atoms with Crippen LogP contribution in [-0.4, -0.2) is 24.3 Å². The van der Waals surface area contributed by atoms with Gasteiger partial charge in [0.15, 0.2) is 0 Å². The average Bonchev–Trinajstić information content (AvgIpc) is 2.89. The third-order valence-corrected chi connectivity index (χ3v) is 6.24. The van der Waals surface area contributed by atoms with E-state index in [1.54, 1.807) is 6.20 Å². The lowest BCUT2D eigenvalue weighted by atomic mass is 9.83. The van der Waals surface area contributed by atoms with Crippen LogP contribution in [-0.2, 0) is 4.74 Å². The lowest BCUT2D eigenvalue weighted by molar-refractivity contribution is 0.0166. The van der Waals surface area contributed by atoms with Crippen molar-refractivity contribution in [3.63, 3.8) is 0 Å². The van der Waals surface area contributed by atoms with Gasteiger partial charge >= 0.3 is 0 Å². The first-order valence-corrected chi connectivity index (χ1v) is 9.37. The van der Waals surface area contributed by atoms with Crippen molar-refractivity contribution in [2.24, 2.45) is 16.0 Å². The van der Waals surface area contributed by atoms with Gasteiger partial charge in [0.25, 0.3) is 0 Å². The molecule has 0 radical (unpaired) electrons. The first-order valence-electron chi connectivity index (χ1n) is 7.54. The van der Waals surface area contributed by atoms with E-state index < -0.39 is 10.4 Å². The molecule has 2 aliphatic heterocycles. The number of nitrogens with one attached hydrogen (secondary N) is 1. The van der Waals surface area contributed by atoms with E-state index in [0.717, 1.165) is 6.61 Å². The van der Waals surface area contributed by atoms with E-state index in [0.29, 0.717) is 12.0 Å². The Bertz CT molecular complexity index is 428. The highest BCUT2D eigenvalue weighted by Crippen LogP contribution is 2.39. The van der Waals surface area contributed by atoms with Crippen LogP contribution in [0.2, 0.25) is 0 Å². The molecule has 3 unspecified atom stereocenters. The molecular weight excluding hydrogens is 270 g/mol. The monoisotopic (exact) mass is 295 g/mol. The maximum atomic E-state index is 6.28. The van der Waals surface area contributed by atoms with Gasteiger partial charge in [-0.3, -0.25) is 14.9 Å². The van der Waals surface area contributed by atoms with Gasteiger partial charge in [-0.2, -0.15) is 0 Å². The number of hydrogen-bond donors (Lipinski definition) is 2. The Morgan fingerprint density at radius 1 is 1.35 bits per heavy atom. The Balaban J connectivity index is 1.62. The van der Waals surface area contributed by atoms with E-state index in [2.05, 4.69) is 22.7 Å². The van der Waals surface area contributed by atoms with Crippen LogP contribution in [0.5, 0.6) is 0 Å². The van der Waals surface area contributed by atoms with Gasteiger partial charge in [0.2, 0.25) is 0 Å². The summed E-state index contributed by atoms with van der Waals surface area (Å²) < 4.78 is 9.61. The smallest absolute Gasteiger partial charge is 0.0788 e. The lowest BCUT2D eigenvalue weighted by Gasteiger charge is -2.38. The molecule has 0 bridgehead atoms. The molecule has 3 atom stereocenters. The zero-order valence-electron chi connectivity index (χ0n) is 12.1. The van der Waals surface area contributed by atoms with E-state index in [1.165, 1.54) is 37.7 Å². The minimum Gasteiger partial charge on any atom is -0.372 e. The van der Waals surface area contributed by atoms with E-state index in [-0.39, 0.29) is 6.04 Å². The van der Waals surface area contributed by atoms with Crippen molar-refractivity contribution in [1.82, 2.24) is 4.72 Å². The minimum absolute atomic E-state index is 0.212. The summed E-state index contributed by atoms with van der Waals surface area (Å²) in [7, 11) is -1.52. The molecule has 112 valence electrons. The summed E-state index contributed by atoms with van der Waals surface area (Å²) in [5.41, 5.74) is 3.19. The van der Waals surface area contributed by atoms with Crippen LogP contribution in [0.15, 0.2) is 28.2 Å². The molecule has 3 rings (SSSR count). The fourth-order valence-corrected chi connectivity index (χ4v) is 4.75. The molecule has 0 amide bonds. The van der Waals surface area contributed by atoms with Crippen LogP contribution in [0, 0.1) is 5.92 Å². The van der Waals surface area contributed by atoms with Crippen molar-refractivity contribution >= 4 is 15.9 Å². The van der Waals surface area contributed by atoms with Crippen LogP contribution >= 0.6 is 10.4 Å². The van der Waals surface area contributed by atoms with Crippen LogP contribution < -0.4 is 9.86 Å². The van der Waals surface area contributed by atoms with Gasteiger partial charge < -0.3 is 4.74 Å². The van der Waals surface area contributed by atoms with E-state index in [1.807, 2.05) is 11.0 Å². The van der Waals surface area contributed by atoms with Gasteiger partial charge in [0.05, 0.1) is 24.3 Å². The number of aliphatic imine (C=N–C) groups is 1. The maximum Gasteiger partial charge on any atom is 0.0788 e. The van der Waals surface area contributed by atoms with Gasteiger partial charge in [0, 0.05) is 11.6 Å². The molecule has 20 heavy (non-hydrogen) atoms. The molecular formula is C15H25N3OS. The zero-order valence-corrected chi connectivity index (χ0v) is 12.9. The second-order valence-corrected chi connectivity index (χ2v) is 8.32. The molecule has 3 aliphatic rings. The molecule has 0 aromatic rings. The van der Waals surface area contributed by atoms with Gasteiger partial charge in [-0.15, -0.1) is 0 Å². The van der Waals surface area contributed by atoms with Crippen molar-refractivity contribution in [3.8, 4) is 0 Å². The molecule has 0 aromatic heterocycles. The number of rotatable bonds is 3. The molecule has 0 saturated heterocycles. The third kappa shape index (κ3) is 3.17. The molecule has 4 nitrogen and oxygen atoms in total. The van der Waals surface area contributed by atoms with Crippen molar-refractivity contribution in [2.75, 3.05) is 6.61 Å². The second kappa shape index (κ2) is 6.02. The van der Waals surface area contributed by atoms with Gasteiger partial charge in [-0.05, 0) is 25.7 Å². The number of nitrogens with two attached hydrogens (primary N) is 1. The Kier molecular flexibility index (Phi) is 4.31. The quantitative estimate of drug-likeness (QED) is 0.787. The highest BCUT2D eigenvalue weighted by Gasteiger charge is 2.30. The summed E-state index contributed by atoms with van der Waals surface area (Å²) in [6.45, 7) is 2.91. The SMILES string of the molecule is CC1=CC(C2CCCCC2)OCC1NS1(N)C=CN=C1. The van der Waals surface area contributed by atoms with Crippen LogP contribution in [0.4, 0.5) is 0 Å². The Morgan fingerprint density at radius 3 is 2.80 bits per heavy atom. The number of ether oxygens (including phenoxy) is 1. The van der Waals surface area contributed by atoms with E-state index in [9.17, 15) is 0 Å². The summed E-state index contributed by atoms with van der Waals surface area (Å²) in [5.74, 6) is 0.715. The predicted molar refractivity (Wildman–Crippen MR) is 86.4 cm³/mol. The van der Waals surface area contributed by atoms with Crippen molar-refractivity contribution in [3.05, 3.63) is 23.3 Å². The topological polar surface area (TPSA) is 59.6 Å². The average molecular weight is 295 g/mol. The summed E-state index contributed by atoms with van der Waals surface area (Å²) in [6, 6.07) is 0.212. The molecule has 5 heteroatoms. The molecule has 1 fully saturated rings. The van der Waals surface area contributed by atoms with Gasteiger partial charge in [-0.1, -0.05) is 41.3 Å². The number of hydrogen-bond acceptors (Lipinski definition) is 4. The van der Waals surface area contributed by atoms with Crippen LogP contribution in [0.25, 0.3) is 0 Å². The summed E-state index contributed by atoms with van der Waals surface area (Å²) in [4.78, 5) is 4.10. The Hall–Kier alpha value is -0.620. The van der Waals surface area contributed by atoms with Crippen LogP contribution in [0.1, 0.15) is 39.0 Å². The predicted octanol–water partition coefficient (Wildman–Crippen LogP) is 2.98. The Labute approximate surface area is 123 Å². The van der Waals surface area contributed by atoms with E-state index in [4.69, 9.17) is 9.88 Å². The van der Waals surface area contributed by atoms with Crippen molar-refractivity contribution in [1.29, 1.82) is 0 Å². The fraction of sp³-hybridized carbons (Fsp3) is 0.667. The van der Waals surface area contributed by atoms with Crippen LogP contribution in [0.3, 0.4) is 0 Å².